The minimum Gasteiger partial charge on any atom is -0.393 e. The highest BCUT2D eigenvalue weighted by Gasteiger charge is 2.21. The fourth-order valence-corrected chi connectivity index (χ4v) is 2.98. The standard InChI is InChI=1S/C12H18N2O2S/c1-8-11(7-17-14-8)12(16)13-6-9-3-2-4-10(15)5-9/h7,9-10,15H,2-6H2,1H3,(H,13,16). The van der Waals surface area contributed by atoms with E-state index in [-0.39, 0.29) is 12.0 Å². The van der Waals surface area contributed by atoms with Crippen LogP contribution in [0.4, 0.5) is 0 Å². The van der Waals surface area contributed by atoms with Crippen molar-refractivity contribution in [2.45, 2.75) is 38.7 Å². The predicted molar refractivity (Wildman–Crippen MR) is 67.1 cm³/mol. The molecule has 4 nitrogen and oxygen atoms in total. The summed E-state index contributed by atoms with van der Waals surface area (Å²) in [5.74, 6) is 0.367. The van der Waals surface area contributed by atoms with Crippen molar-refractivity contribution in [3.8, 4) is 0 Å². The van der Waals surface area contributed by atoms with E-state index in [0.29, 0.717) is 18.0 Å². The van der Waals surface area contributed by atoms with Crippen molar-refractivity contribution >= 4 is 17.4 Å². The first-order valence-electron chi connectivity index (χ1n) is 6.04. The number of nitrogens with zero attached hydrogens (tertiary/aromatic N) is 1. The van der Waals surface area contributed by atoms with Gasteiger partial charge in [0.15, 0.2) is 0 Å². The van der Waals surface area contributed by atoms with Crippen molar-refractivity contribution in [1.29, 1.82) is 0 Å². The summed E-state index contributed by atoms with van der Waals surface area (Å²) in [4.78, 5) is 11.8. The largest absolute Gasteiger partial charge is 0.393 e. The van der Waals surface area contributed by atoms with Gasteiger partial charge in [-0.3, -0.25) is 4.79 Å². The van der Waals surface area contributed by atoms with E-state index in [9.17, 15) is 9.90 Å². The van der Waals surface area contributed by atoms with Gasteiger partial charge in [0.1, 0.15) is 0 Å². The molecule has 1 aliphatic rings. The fraction of sp³-hybridized carbons (Fsp3) is 0.667. The maximum atomic E-state index is 11.8. The first-order chi connectivity index (χ1) is 8.16. The van der Waals surface area contributed by atoms with Crippen molar-refractivity contribution < 1.29 is 9.90 Å². The lowest BCUT2D eigenvalue weighted by atomic mass is 9.87. The Morgan fingerprint density at radius 2 is 2.47 bits per heavy atom. The van der Waals surface area contributed by atoms with Crippen molar-refractivity contribution in [3.63, 3.8) is 0 Å². The highest BCUT2D eigenvalue weighted by atomic mass is 32.1. The molecule has 0 aliphatic heterocycles. The molecule has 2 N–H and O–H groups in total. The van der Waals surface area contributed by atoms with Crippen LogP contribution < -0.4 is 5.32 Å². The number of rotatable bonds is 3. The summed E-state index contributed by atoms with van der Waals surface area (Å²) in [6.45, 7) is 2.50. The molecule has 0 spiro atoms. The molecule has 1 fully saturated rings. The van der Waals surface area contributed by atoms with Crippen LogP contribution in [0.25, 0.3) is 0 Å². The monoisotopic (exact) mass is 254 g/mol. The lowest BCUT2D eigenvalue weighted by Crippen LogP contribution is -2.33. The average Bonchev–Trinajstić information content (AvgIpc) is 2.72. The van der Waals surface area contributed by atoms with Crippen molar-refractivity contribution in [2.75, 3.05) is 6.54 Å². The van der Waals surface area contributed by atoms with Crippen LogP contribution in [0.1, 0.15) is 41.7 Å². The van der Waals surface area contributed by atoms with E-state index in [1.165, 1.54) is 11.5 Å². The maximum Gasteiger partial charge on any atom is 0.254 e. The molecule has 1 saturated carbocycles. The highest BCUT2D eigenvalue weighted by molar-refractivity contribution is 7.03. The molecule has 2 unspecified atom stereocenters. The van der Waals surface area contributed by atoms with Gasteiger partial charge in [0.2, 0.25) is 0 Å². The van der Waals surface area contributed by atoms with E-state index in [2.05, 4.69) is 9.69 Å². The molecule has 1 heterocycles. The Morgan fingerprint density at radius 3 is 3.12 bits per heavy atom. The molecular formula is C12H18N2O2S. The van der Waals surface area contributed by atoms with Crippen molar-refractivity contribution in [2.24, 2.45) is 5.92 Å². The van der Waals surface area contributed by atoms with Gasteiger partial charge < -0.3 is 10.4 Å². The molecule has 0 aromatic carbocycles. The Bertz CT molecular complexity index is 392. The van der Waals surface area contributed by atoms with Crippen LogP contribution in [-0.4, -0.2) is 28.0 Å². The van der Waals surface area contributed by atoms with Gasteiger partial charge in [0.25, 0.3) is 5.91 Å². The summed E-state index contributed by atoms with van der Waals surface area (Å²) < 4.78 is 4.09. The average molecular weight is 254 g/mol. The molecule has 0 saturated heterocycles. The van der Waals surface area contributed by atoms with Gasteiger partial charge in [0, 0.05) is 11.9 Å². The first kappa shape index (κ1) is 12.5. The second-order valence-electron chi connectivity index (χ2n) is 4.71. The van der Waals surface area contributed by atoms with E-state index < -0.39 is 0 Å². The number of nitrogens with one attached hydrogen (secondary N) is 1. The molecule has 0 radical (unpaired) electrons. The third-order valence-electron chi connectivity index (χ3n) is 3.30. The Balaban J connectivity index is 1.82. The second-order valence-corrected chi connectivity index (χ2v) is 5.34. The molecule has 2 atom stereocenters. The lowest BCUT2D eigenvalue weighted by molar-refractivity contribution is 0.0873. The summed E-state index contributed by atoms with van der Waals surface area (Å²) in [5.41, 5.74) is 1.46. The molecule has 1 amide bonds. The summed E-state index contributed by atoms with van der Waals surface area (Å²) in [5, 5.41) is 14.3. The minimum atomic E-state index is -0.185. The molecule has 5 heteroatoms. The van der Waals surface area contributed by atoms with Gasteiger partial charge >= 0.3 is 0 Å². The number of carbonyl (C=O) groups excluding carboxylic acids is 1. The van der Waals surface area contributed by atoms with Crippen LogP contribution in [0.2, 0.25) is 0 Å². The van der Waals surface area contributed by atoms with E-state index in [1.807, 2.05) is 6.92 Å². The molecule has 0 bridgehead atoms. The normalized spacial score (nSPS) is 24.6. The van der Waals surface area contributed by atoms with Crippen LogP contribution in [0.15, 0.2) is 5.38 Å². The molecule has 1 aromatic rings. The van der Waals surface area contributed by atoms with E-state index >= 15 is 0 Å². The van der Waals surface area contributed by atoms with Crippen LogP contribution in [0.3, 0.4) is 0 Å². The number of hydrogen-bond acceptors (Lipinski definition) is 4. The van der Waals surface area contributed by atoms with Crippen molar-refractivity contribution in [3.05, 3.63) is 16.6 Å². The number of aliphatic hydroxyl groups is 1. The molecule has 94 valence electrons. The Kier molecular flexibility index (Phi) is 4.12. The van der Waals surface area contributed by atoms with E-state index in [4.69, 9.17) is 0 Å². The second kappa shape index (κ2) is 5.60. The molecule has 2 rings (SSSR count). The highest BCUT2D eigenvalue weighted by Crippen LogP contribution is 2.23. The first-order valence-corrected chi connectivity index (χ1v) is 6.87. The number of aromatic nitrogens is 1. The number of amides is 1. The zero-order valence-corrected chi connectivity index (χ0v) is 10.8. The Hall–Kier alpha value is -0.940. The number of carbonyl (C=O) groups is 1. The summed E-state index contributed by atoms with van der Waals surface area (Å²) >= 11 is 1.31. The van der Waals surface area contributed by atoms with E-state index in [0.717, 1.165) is 31.4 Å². The zero-order chi connectivity index (χ0) is 12.3. The molecule has 17 heavy (non-hydrogen) atoms. The SMILES string of the molecule is Cc1nscc1C(=O)NCC1CCCC(O)C1. The zero-order valence-electron chi connectivity index (χ0n) is 9.98. The number of aliphatic hydroxyl groups excluding tert-OH is 1. The van der Waals surface area contributed by atoms with Gasteiger partial charge in [-0.2, -0.15) is 4.37 Å². The molecule has 1 aromatic heterocycles. The molecule has 1 aliphatic carbocycles. The van der Waals surface area contributed by atoms with Crippen LogP contribution in [0.5, 0.6) is 0 Å². The van der Waals surface area contributed by atoms with Gasteiger partial charge in [-0.25, -0.2) is 0 Å². The third kappa shape index (κ3) is 3.26. The third-order valence-corrected chi connectivity index (χ3v) is 4.02. The van der Waals surface area contributed by atoms with Crippen molar-refractivity contribution in [1.82, 2.24) is 9.69 Å². The Labute approximate surface area is 105 Å². The van der Waals surface area contributed by atoms with Crippen LogP contribution in [-0.2, 0) is 0 Å². The summed E-state index contributed by atoms with van der Waals surface area (Å²) in [6, 6.07) is 0. The fourth-order valence-electron chi connectivity index (χ4n) is 2.29. The Morgan fingerprint density at radius 1 is 1.65 bits per heavy atom. The number of aryl methyl sites for hydroxylation is 1. The predicted octanol–water partition coefficient (Wildman–Crippen LogP) is 1.73. The van der Waals surface area contributed by atoms with E-state index in [1.54, 1.807) is 5.38 Å². The van der Waals surface area contributed by atoms with Gasteiger partial charge in [-0.15, -0.1) is 0 Å². The van der Waals surface area contributed by atoms with Crippen LogP contribution in [0, 0.1) is 12.8 Å². The smallest absolute Gasteiger partial charge is 0.254 e. The van der Waals surface area contributed by atoms with Gasteiger partial charge in [0.05, 0.1) is 17.4 Å². The minimum absolute atomic E-state index is 0.0451. The van der Waals surface area contributed by atoms with Crippen LogP contribution >= 0.6 is 11.5 Å². The summed E-state index contributed by atoms with van der Waals surface area (Å²) in [6.07, 6.45) is 3.67. The van der Waals surface area contributed by atoms with Gasteiger partial charge in [-0.05, 0) is 43.6 Å². The lowest BCUT2D eigenvalue weighted by Gasteiger charge is -2.25. The topological polar surface area (TPSA) is 62.2 Å². The summed E-state index contributed by atoms with van der Waals surface area (Å²) in [7, 11) is 0. The quantitative estimate of drug-likeness (QED) is 0.863. The molecular weight excluding hydrogens is 236 g/mol. The number of hydrogen-bond donors (Lipinski definition) is 2. The maximum absolute atomic E-state index is 11.8. The van der Waals surface area contributed by atoms with Gasteiger partial charge in [-0.1, -0.05) is 6.42 Å².